The Bertz CT molecular complexity index is 834. The van der Waals surface area contributed by atoms with Gasteiger partial charge in [0.05, 0.1) is 28.5 Å². The standard InChI is InChI=1S/C15H16N6OS/c1-9-8-21(3-4-22-9)14-12-11(2-5-23-12)19-13(20-14)10-6-17-15(16)18-7-10/h2,5-7,9H,3-4,8H2,1H3,(H2,16,17,18). The van der Waals surface area contributed by atoms with Crippen LogP contribution in [-0.2, 0) is 4.74 Å². The lowest BCUT2D eigenvalue weighted by molar-refractivity contribution is 0.0530. The molecule has 2 N–H and O–H groups in total. The molecule has 1 unspecified atom stereocenters. The molecule has 23 heavy (non-hydrogen) atoms. The van der Waals surface area contributed by atoms with E-state index in [4.69, 9.17) is 15.5 Å². The predicted octanol–water partition coefficient (Wildman–Crippen LogP) is 1.96. The number of aromatic nitrogens is 4. The van der Waals surface area contributed by atoms with Crippen LogP contribution in [0.4, 0.5) is 11.8 Å². The predicted molar refractivity (Wildman–Crippen MR) is 90.5 cm³/mol. The second kappa shape index (κ2) is 5.71. The molecule has 3 aromatic rings. The van der Waals surface area contributed by atoms with Crippen LogP contribution >= 0.6 is 11.3 Å². The first-order chi connectivity index (χ1) is 11.2. The minimum absolute atomic E-state index is 0.192. The number of rotatable bonds is 2. The Balaban J connectivity index is 1.82. The summed E-state index contributed by atoms with van der Waals surface area (Å²) in [4.78, 5) is 19.7. The zero-order chi connectivity index (χ0) is 15.8. The van der Waals surface area contributed by atoms with Gasteiger partial charge < -0.3 is 15.4 Å². The van der Waals surface area contributed by atoms with Crippen LogP contribution < -0.4 is 10.6 Å². The molecular formula is C15H16N6OS. The van der Waals surface area contributed by atoms with Crippen LogP contribution in [0.25, 0.3) is 21.6 Å². The minimum atomic E-state index is 0.192. The molecule has 0 aromatic carbocycles. The summed E-state index contributed by atoms with van der Waals surface area (Å²) >= 11 is 1.66. The lowest BCUT2D eigenvalue weighted by Crippen LogP contribution is -2.41. The van der Waals surface area contributed by atoms with Gasteiger partial charge in [0.25, 0.3) is 0 Å². The maximum atomic E-state index is 5.64. The van der Waals surface area contributed by atoms with Crippen molar-refractivity contribution in [3.8, 4) is 11.4 Å². The molecule has 0 saturated carbocycles. The molecule has 1 atom stereocenters. The third-order valence-corrected chi connectivity index (χ3v) is 4.66. The van der Waals surface area contributed by atoms with E-state index in [0.29, 0.717) is 12.4 Å². The molecule has 1 saturated heterocycles. The molecule has 4 rings (SSSR count). The minimum Gasteiger partial charge on any atom is -0.375 e. The van der Waals surface area contributed by atoms with E-state index in [-0.39, 0.29) is 12.1 Å². The van der Waals surface area contributed by atoms with Crippen LogP contribution in [-0.4, -0.2) is 45.7 Å². The summed E-state index contributed by atoms with van der Waals surface area (Å²) < 4.78 is 6.73. The first-order valence-electron chi connectivity index (χ1n) is 7.40. The fourth-order valence-electron chi connectivity index (χ4n) is 2.66. The van der Waals surface area contributed by atoms with Crippen molar-refractivity contribution in [2.45, 2.75) is 13.0 Å². The van der Waals surface area contributed by atoms with E-state index in [1.54, 1.807) is 23.7 Å². The molecular weight excluding hydrogens is 312 g/mol. The van der Waals surface area contributed by atoms with Gasteiger partial charge in [-0.25, -0.2) is 19.9 Å². The Morgan fingerprint density at radius 2 is 2.13 bits per heavy atom. The largest absolute Gasteiger partial charge is 0.375 e. The van der Waals surface area contributed by atoms with E-state index < -0.39 is 0 Å². The van der Waals surface area contributed by atoms with Crippen molar-refractivity contribution in [1.29, 1.82) is 0 Å². The number of anilines is 2. The summed E-state index contributed by atoms with van der Waals surface area (Å²) in [5.74, 6) is 1.81. The van der Waals surface area contributed by atoms with Gasteiger partial charge in [-0.15, -0.1) is 11.3 Å². The number of hydrogen-bond acceptors (Lipinski definition) is 8. The maximum absolute atomic E-state index is 5.64. The second-order valence-electron chi connectivity index (χ2n) is 5.46. The molecule has 8 heteroatoms. The highest BCUT2D eigenvalue weighted by atomic mass is 32.1. The van der Waals surface area contributed by atoms with E-state index in [1.807, 2.05) is 11.4 Å². The molecule has 4 heterocycles. The third-order valence-electron chi connectivity index (χ3n) is 3.76. The van der Waals surface area contributed by atoms with E-state index in [1.165, 1.54) is 0 Å². The smallest absolute Gasteiger partial charge is 0.219 e. The fraction of sp³-hybridized carbons (Fsp3) is 0.333. The molecule has 1 aliphatic rings. The van der Waals surface area contributed by atoms with Gasteiger partial charge in [-0.3, -0.25) is 0 Å². The van der Waals surface area contributed by atoms with Crippen molar-refractivity contribution in [1.82, 2.24) is 19.9 Å². The molecule has 0 aliphatic carbocycles. The van der Waals surface area contributed by atoms with Gasteiger partial charge in [0.1, 0.15) is 0 Å². The number of nitrogens with two attached hydrogens (primary N) is 1. The van der Waals surface area contributed by atoms with Gasteiger partial charge in [-0.2, -0.15) is 0 Å². The Labute approximate surface area is 137 Å². The number of hydrogen-bond donors (Lipinski definition) is 1. The zero-order valence-electron chi connectivity index (χ0n) is 12.6. The molecule has 3 aromatic heterocycles. The monoisotopic (exact) mass is 328 g/mol. The van der Waals surface area contributed by atoms with Gasteiger partial charge >= 0.3 is 0 Å². The number of fused-ring (bicyclic) bond motifs is 1. The SMILES string of the molecule is CC1CN(c2nc(-c3cnc(N)nc3)nc3ccsc23)CCO1. The first kappa shape index (κ1) is 14.3. The van der Waals surface area contributed by atoms with Crippen LogP contribution in [0, 0.1) is 0 Å². The van der Waals surface area contributed by atoms with Gasteiger partial charge in [0, 0.05) is 25.5 Å². The quantitative estimate of drug-likeness (QED) is 0.769. The highest BCUT2D eigenvalue weighted by molar-refractivity contribution is 7.17. The van der Waals surface area contributed by atoms with Gasteiger partial charge in [-0.05, 0) is 18.4 Å². The topological polar surface area (TPSA) is 90.1 Å². The van der Waals surface area contributed by atoms with Crippen LogP contribution in [0.15, 0.2) is 23.8 Å². The first-order valence-corrected chi connectivity index (χ1v) is 8.28. The van der Waals surface area contributed by atoms with Crippen molar-refractivity contribution in [3.63, 3.8) is 0 Å². The average Bonchev–Trinajstić information content (AvgIpc) is 3.03. The molecule has 7 nitrogen and oxygen atoms in total. The Hall–Kier alpha value is -2.32. The third kappa shape index (κ3) is 2.71. The van der Waals surface area contributed by atoms with Gasteiger partial charge in [0.2, 0.25) is 5.95 Å². The van der Waals surface area contributed by atoms with Gasteiger partial charge in [0.15, 0.2) is 11.6 Å². The lowest BCUT2D eigenvalue weighted by atomic mass is 10.2. The van der Waals surface area contributed by atoms with E-state index >= 15 is 0 Å². The number of nitrogens with zero attached hydrogens (tertiary/aromatic N) is 5. The summed E-state index contributed by atoms with van der Waals surface area (Å²) in [6, 6.07) is 2.01. The highest BCUT2D eigenvalue weighted by Gasteiger charge is 2.22. The fourth-order valence-corrected chi connectivity index (χ4v) is 3.50. The molecule has 0 spiro atoms. The maximum Gasteiger partial charge on any atom is 0.219 e. The average molecular weight is 328 g/mol. The molecule has 0 amide bonds. The van der Waals surface area contributed by atoms with Crippen molar-refractivity contribution >= 4 is 33.3 Å². The summed E-state index contributed by atoms with van der Waals surface area (Å²) in [6.45, 7) is 4.43. The Morgan fingerprint density at radius 1 is 1.30 bits per heavy atom. The molecule has 1 fully saturated rings. The van der Waals surface area contributed by atoms with Gasteiger partial charge in [-0.1, -0.05) is 0 Å². The normalized spacial score (nSPS) is 18.5. The number of nitrogen functional groups attached to an aromatic ring is 1. The summed E-state index contributed by atoms with van der Waals surface area (Å²) in [6.07, 6.45) is 3.50. The van der Waals surface area contributed by atoms with Crippen molar-refractivity contribution in [2.75, 3.05) is 30.3 Å². The van der Waals surface area contributed by atoms with Crippen LogP contribution in [0.5, 0.6) is 0 Å². The van der Waals surface area contributed by atoms with E-state index in [2.05, 4.69) is 26.8 Å². The second-order valence-corrected chi connectivity index (χ2v) is 6.38. The van der Waals surface area contributed by atoms with E-state index in [0.717, 1.165) is 34.7 Å². The van der Waals surface area contributed by atoms with Crippen molar-refractivity contribution in [3.05, 3.63) is 23.8 Å². The molecule has 1 aliphatic heterocycles. The molecule has 0 radical (unpaired) electrons. The van der Waals surface area contributed by atoms with Crippen molar-refractivity contribution < 1.29 is 4.74 Å². The van der Waals surface area contributed by atoms with Crippen LogP contribution in [0.1, 0.15) is 6.92 Å². The zero-order valence-corrected chi connectivity index (χ0v) is 13.5. The van der Waals surface area contributed by atoms with Crippen LogP contribution in [0.2, 0.25) is 0 Å². The summed E-state index contributed by atoms with van der Waals surface area (Å²) in [7, 11) is 0. The van der Waals surface area contributed by atoms with Crippen LogP contribution in [0.3, 0.4) is 0 Å². The van der Waals surface area contributed by atoms with Crippen molar-refractivity contribution in [2.24, 2.45) is 0 Å². The molecule has 0 bridgehead atoms. The summed E-state index contributed by atoms with van der Waals surface area (Å²) in [5.41, 5.74) is 7.25. The highest BCUT2D eigenvalue weighted by Crippen LogP contribution is 2.32. The number of ether oxygens (including phenoxy) is 1. The Kier molecular flexibility index (Phi) is 3.55. The number of morpholine rings is 1. The Morgan fingerprint density at radius 3 is 2.91 bits per heavy atom. The number of thiophene rings is 1. The summed E-state index contributed by atoms with van der Waals surface area (Å²) in [5, 5.41) is 2.04. The van der Waals surface area contributed by atoms with E-state index in [9.17, 15) is 0 Å². The molecule has 118 valence electrons. The lowest BCUT2D eigenvalue weighted by Gasteiger charge is -2.32.